The lowest BCUT2D eigenvalue weighted by Gasteiger charge is -1.62. The zero-order chi connectivity index (χ0) is 6.28. The highest BCUT2D eigenvalue weighted by molar-refractivity contribution is 8.38. The summed E-state index contributed by atoms with van der Waals surface area (Å²) in [4.78, 5) is 9.00. The molecule has 2 amide bonds. The number of halogens is 2. The summed E-state index contributed by atoms with van der Waals surface area (Å²) in [5, 5.41) is 0. The van der Waals surface area contributed by atoms with Crippen LogP contribution in [0.15, 0.2) is 0 Å². The molecule has 0 aromatic heterocycles. The molecule has 0 fully saturated rings. The number of nitrogens with two attached hydrogens (primary N) is 2. The van der Waals surface area contributed by atoms with E-state index in [0.29, 0.717) is 10.2 Å². The zero-order valence-electron chi connectivity index (χ0n) is 3.23. The SMILES string of the molecule is ClSCl.NC(N)=O. The smallest absolute Gasteiger partial charge is 0.309 e. The molecule has 0 unspecified atom stereocenters. The zero-order valence-corrected chi connectivity index (χ0v) is 5.56. The molecule has 0 bridgehead atoms. The maximum Gasteiger partial charge on any atom is 0.309 e. The number of primary amides is 2. The number of hydrogen-bond acceptors (Lipinski definition) is 2. The van der Waals surface area contributed by atoms with Crippen LogP contribution in [0.4, 0.5) is 4.79 Å². The monoisotopic (exact) mass is 162 g/mol. The van der Waals surface area contributed by atoms with Gasteiger partial charge in [-0.05, 0) is 21.4 Å². The Morgan fingerprint density at radius 1 is 1.43 bits per heavy atom. The molecule has 0 atom stereocenters. The van der Waals surface area contributed by atoms with Gasteiger partial charge < -0.3 is 11.5 Å². The Labute approximate surface area is 54.3 Å². The Bertz CT molecular complexity index is 47.0. The second-order valence-electron chi connectivity index (χ2n) is 0.461. The van der Waals surface area contributed by atoms with Crippen LogP contribution in [0, 0.1) is 0 Å². The van der Waals surface area contributed by atoms with E-state index >= 15 is 0 Å². The van der Waals surface area contributed by atoms with E-state index in [1.165, 1.54) is 0 Å². The van der Waals surface area contributed by atoms with E-state index in [1.54, 1.807) is 0 Å². The summed E-state index contributed by atoms with van der Waals surface area (Å²) < 4.78 is 0. The van der Waals surface area contributed by atoms with Gasteiger partial charge in [0.1, 0.15) is 0 Å². The molecule has 44 valence electrons. The number of carbonyl (C=O) groups is 1. The maximum atomic E-state index is 9.00. The van der Waals surface area contributed by atoms with Crippen LogP contribution in [0.1, 0.15) is 0 Å². The van der Waals surface area contributed by atoms with Gasteiger partial charge in [0.15, 0.2) is 0 Å². The van der Waals surface area contributed by atoms with Gasteiger partial charge in [0.2, 0.25) is 0 Å². The molecule has 0 aromatic rings. The first-order valence-corrected chi connectivity index (χ1v) is 3.56. The molecule has 3 nitrogen and oxygen atoms in total. The summed E-state index contributed by atoms with van der Waals surface area (Å²) in [5.41, 5.74) is 8.50. The highest BCUT2D eigenvalue weighted by Crippen LogP contribution is 2.08. The van der Waals surface area contributed by atoms with E-state index in [9.17, 15) is 0 Å². The van der Waals surface area contributed by atoms with E-state index in [2.05, 4.69) is 32.8 Å². The molecule has 7 heavy (non-hydrogen) atoms. The van der Waals surface area contributed by atoms with Crippen molar-refractivity contribution in [2.24, 2.45) is 11.5 Å². The van der Waals surface area contributed by atoms with E-state index in [1.807, 2.05) is 0 Å². The lowest BCUT2D eigenvalue weighted by Crippen LogP contribution is -2.18. The summed E-state index contributed by atoms with van der Waals surface area (Å²) in [6, 6.07) is -0.833. The fraction of sp³-hybridized carbons (Fsp3) is 0. The van der Waals surface area contributed by atoms with Gasteiger partial charge in [-0.2, -0.15) is 0 Å². The summed E-state index contributed by atoms with van der Waals surface area (Å²) in [7, 11) is 10.1. The predicted octanol–water partition coefficient (Wildman–Crippen LogP) is 1.05. The number of hydrogen-bond donors (Lipinski definition) is 2. The first-order valence-electron chi connectivity index (χ1n) is 1.09. The van der Waals surface area contributed by atoms with Crippen molar-refractivity contribution in [3.8, 4) is 0 Å². The Morgan fingerprint density at radius 3 is 1.43 bits per heavy atom. The Balaban J connectivity index is 0. The number of rotatable bonds is 0. The summed E-state index contributed by atoms with van der Waals surface area (Å²) >= 11 is 0. The van der Waals surface area contributed by atoms with Crippen molar-refractivity contribution in [2.75, 3.05) is 0 Å². The minimum absolute atomic E-state index is 0.694. The molecule has 0 rings (SSSR count). The van der Waals surface area contributed by atoms with Crippen molar-refractivity contribution < 1.29 is 4.79 Å². The highest BCUT2D eigenvalue weighted by Gasteiger charge is 1.60. The van der Waals surface area contributed by atoms with Gasteiger partial charge >= 0.3 is 6.03 Å². The average Bonchev–Trinajstić information content (AvgIpc) is 1.33. The molecule has 0 radical (unpaired) electrons. The molecule has 0 aromatic carbocycles. The molecule has 4 N–H and O–H groups in total. The normalized spacial score (nSPS) is 6.00. The van der Waals surface area contributed by atoms with Crippen molar-refractivity contribution in [1.82, 2.24) is 0 Å². The summed E-state index contributed by atoms with van der Waals surface area (Å²) in [5.74, 6) is 0. The van der Waals surface area contributed by atoms with Crippen LogP contribution in [0.2, 0.25) is 0 Å². The van der Waals surface area contributed by atoms with Crippen LogP contribution in [-0.2, 0) is 0 Å². The average molecular weight is 163 g/mol. The number of urea groups is 1. The van der Waals surface area contributed by atoms with Crippen molar-refractivity contribution in [3.63, 3.8) is 0 Å². The minimum Gasteiger partial charge on any atom is -0.352 e. The van der Waals surface area contributed by atoms with Crippen LogP contribution in [0.5, 0.6) is 0 Å². The summed E-state index contributed by atoms with van der Waals surface area (Å²) in [6.07, 6.45) is 0. The molecule has 0 aliphatic carbocycles. The Hall–Kier alpha value is 0.200. The molecule has 0 spiro atoms. The Kier molecular flexibility index (Phi) is 13.9. The third kappa shape index (κ3) is 2730. The van der Waals surface area contributed by atoms with Crippen molar-refractivity contribution in [3.05, 3.63) is 0 Å². The van der Waals surface area contributed by atoms with Gasteiger partial charge in [-0.15, -0.1) is 0 Å². The highest BCUT2D eigenvalue weighted by atomic mass is 36.0. The first-order chi connectivity index (χ1) is 3.15. The van der Waals surface area contributed by atoms with Gasteiger partial charge in [-0.1, -0.05) is 0 Å². The second kappa shape index (κ2) is 9.50. The van der Waals surface area contributed by atoms with Gasteiger partial charge in [-0.3, -0.25) is 0 Å². The fourth-order valence-corrected chi connectivity index (χ4v) is 0. The maximum absolute atomic E-state index is 9.00. The topological polar surface area (TPSA) is 69.1 Å². The van der Waals surface area contributed by atoms with Gasteiger partial charge in [0, 0.05) is 0 Å². The number of amides is 2. The van der Waals surface area contributed by atoms with Crippen molar-refractivity contribution >= 4 is 37.6 Å². The summed E-state index contributed by atoms with van der Waals surface area (Å²) in [6.45, 7) is 0. The molecule has 0 saturated carbocycles. The van der Waals surface area contributed by atoms with Crippen molar-refractivity contribution in [2.45, 2.75) is 0 Å². The molecule has 0 aliphatic rings. The van der Waals surface area contributed by atoms with E-state index in [-0.39, 0.29) is 0 Å². The predicted molar refractivity (Wildman–Crippen MR) is 33.1 cm³/mol. The van der Waals surface area contributed by atoms with E-state index in [0.717, 1.165) is 0 Å². The van der Waals surface area contributed by atoms with Gasteiger partial charge in [-0.25, -0.2) is 4.79 Å². The second-order valence-corrected chi connectivity index (χ2v) is 1.98. The molecule has 0 heterocycles. The molecule has 6 heteroatoms. The minimum atomic E-state index is -0.833. The van der Waals surface area contributed by atoms with Crippen LogP contribution in [0.25, 0.3) is 0 Å². The van der Waals surface area contributed by atoms with Crippen LogP contribution in [0.3, 0.4) is 0 Å². The molecule has 0 aliphatic heterocycles. The van der Waals surface area contributed by atoms with Crippen LogP contribution in [-0.4, -0.2) is 6.03 Å². The third-order valence-electron chi connectivity index (χ3n) is 0. The first kappa shape index (κ1) is 10.2. The largest absolute Gasteiger partial charge is 0.352 e. The van der Waals surface area contributed by atoms with E-state index in [4.69, 9.17) is 4.79 Å². The Morgan fingerprint density at radius 2 is 1.43 bits per heavy atom. The van der Waals surface area contributed by atoms with E-state index < -0.39 is 6.03 Å². The lowest BCUT2D eigenvalue weighted by atomic mass is 11.2. The van der Waals surface area contributed by atoms with Gasteiger partial charge in [0.25, 0.3) is 0 Å². The molecular formula is CH4Cl2N2OS. The van der Waals surface area contributed by atoms with Gasteiger partial charge in [0.05, 0.1) is 10.2 Å². The van der Waals surface area contributed by atoms with Crippen molar-refractivity contribution in [1.29, 1.82) is 0 Å². The third-order valence-corrected chi connectivity index (χ3v) is 0. The van der Waals surface area contributed by atoms with Crippen LogP contribution >= 0.6 is 31.6 Å². The fourth-order valence-electron chi connectivity index (χ4n) is 0. The molecule has 0 saturated heterocycles. The lowest BCUT2D eigenvalue weighted by molar-refractivity contribution is 0.256. The quantitative estimate of drug-likeness (QED) is 0.560. The van der Waals surface area contributed by atoms with Crippen LogP contribution < -0.4 is 11.5 Å². The standard InChI is InChI=1S/CH4N2O.Cl2S/c2-1(3)4;1-3-2/h(H4,2,3,4);. The molecular weight excluding hydrogens is 159 g/mol. The number of carbonyl (C=O) groups excluding carboxylic acids is 1.